The first kappa shape index (κ1) is 21.6. The first-order valence-corrected chi connectivity index (χ1v) is 10.8. The van der Waals surface area contributed by atoms with Gasteiger partial charge in [-0.25, -0.2) is 4.79 Å². The Labute approximate surface area is 183 Å². The molecule has 4 rings (SSSR count). The molecule has 0 saturated carbocycles. The summed E-state index contributed by atoms with van der Waals surface area (Å²) in [4.78, 5) is 15.6. The van der Waals surface area contributed by atoms with E-state index in [9.17, 15) is 4.79 Å². The highest BCUT2D eigenvalue weighted by Gasteiger charge is 2.34. The van der Waals surface area contributed by atoms with E-state index in [1.807, 2.05) is 0 Å². The third kappa shape index (κ3) is 4.84. The molecule has 0 aromatic heterocycles. The highest BCUT2D eigenvalue weighted by Crippen LogP contribution is 2.38. The van der Waals surface area contributed by atoms with Crippen molar-refractivity contribution in [1.82, 2.24) is 10.2 Å². The van der Waals surface area contributed by atoms with E-state index in [0.29, 0.717) is 50.0 Å². The Morgan fingerprint density at radius 1 is 1.10 bits per heavy atom. The lowest BCUT2D eigenvalue weighted by Gasteiger charge is -2.36. The largest absolute Gasteiger partial charge is 0.493 e. The number of rotatable bonds is 7. The third-order valence-electron chi connectivity index (χ3n) is 6.02. The van der Waals surface area contributed by atoms with E-state index in [1.54, 1.807) is 32.4 Å². The van der Waals surface area contributed by atoms with Crippen LogP contribution in [0.15, 0.2) is 42.5 Å². The fourth-order valence-corrected chi connectivity index (χ4v) is 4.40. The molecule has 31 heavy (non-hydrogen) atoms. The first-order valence-electron chi connectivity index (χ1n) is 10.8. The Morgan fingerprint density at radius 2 is 1.81 bits per heavy atom. The fourth-order valence-electron chi connectivity index (χ4n) is 4.40. The van der Waals surface area contributed by atoms with Crippen molar-refractivity contribution >= 4 is 5.97 Å². The molecule has 2 aliphatic heterocycles. The van der Waals surface area contributed by atoms with Gasteiger partial charge in [0.2, 0.25) is 5.75 Å². The van der Waals surface area contributed by atoms with Crippen molar-refractivity contribution in [2.75, 3.05) is 47.1 Å². The van der Waals surface area contributed by atoms with Crippen LogP contribution in [0.25, 0.3) is 0 Å². The van der Waals surface area contributed by atoms with Gasteiger partial charge < -0.3 is 24.3 Å². The van der Waals surface area contributed by atoms with Gasteiger partial charge in [-0.15, -0.1) is 0 Å². The predicted molar refractivity (Wildman–Crippen MR) is 117 cm³/mol. The predicted octanol–water partition coefficient (Wildman–Crippen LogP) is 2.59. The SMILES string of the molecule is COc1cccc(OC)c1OC(=O)C(CC1NCCc2ccccc21)N1CCOCC1. The molecule has 2 aromatic rings. The molecule has 0 radical (unpaired) electrons. The molecule has 7 heteroatoms. The van der Waals surface area contributed by atoms with Crippen LogP contribution in [0.3, 0.4) is 0 Å². The molecule has 0 bridgehead atoms. The summed E-state index contributed by atoms with van der Waals surface area (Å²) in [6, 6.07) is 13.4. The molecule has 1 saturated heterocycles. The molecule has 166 valence electrons. The highest BCUT2D eigenvalue weighted by molar-refractivity contribution is 5.80. The van der Waals surface area contributed by atoms with Gasteiger partial charge in [0.15, 0.2) is 11.5 Å². The molecule has 0 aliphatic carbocycles. The van der Waals surface area contributed by atoms with Crippen molar-refractivity contribution in [3.05, 3.63) is 53.6 Å². The van der Waals surface area contributed by atoms with Gasteiger partial charge in [0.25, 0.3) is 0 Å². The standard InChI is InChI=1S/C24H30N2O5/c1-28-21-8-5-9-22(29-2)23(21)31-24(27)20(26-12-14-30-15-13-26)16-19-18-7-4-3-6-17(18)10-11-25-19/h3-9,19-20,25H,10-16H2,1-2H3. The third-order valence-corrected chi connectivity index (χ3v) is 6.02. The number of hydrogen-bond acceptors (Lipinski definition) is 7. The van der Waals surface area contributed by atoms with Crippen LogP contribution >= 0.6 is 0 Å². The number of carbonyl (C=O) groups excluding carboxylic acids is 1. The molecule has 2 atom stereocenters. The van der Waals surface area contributed by atoms with Crippen LogP contribution in [-0.4, -0.2) is 64.0 Å². The number of carbonyl (C=O) groups is 1. The van der Waals surface area contributed by atoms with Crippen LogP contribution < -0.4 is 19.5 Å². The highest BCUT2D eigenvalue weighted by atomic mass is 16.6. The normalized spacial score (nSPS) is 19.9. The molecule has 2 heterocycles. The van der Waals surface area contributed by atoms with E-state index in [2.05, 4.69) is 34.5 Å². The zero-order chi connectivity index (χ0) is 21.6. The first-order chi connectivity index (χ1) is 15.2. The second kappa shape index (κ2) is 10.1. The molecule has 2 aliphatic rings. The van der Waals surface area contributed by atoms with Gasteiger partial charge in [-0.05, 0) is 42.6 Å². The number of methoxy groups -OCH3 is 2. The molecular weight excluding hydrogens is 396 g/mol. The van der Waals surface area contributed by atoms with Crippen molar-refractivity contribution < 1.29 is 23.7 Å². The maximum absolute atomic E-state index is 13.5. The van der Waals surface area contributed by atoms with E-state index in [0.717, 1.165) is 13.0 Å². The van der Waals surface area contributed by atoms with Crippen LogP contribution in [0.2, 0.25) is 0 Å². The quantitative estimate of drug-likeness (QED) is 0.539. The number of nitrogens with zero attached hydrogens (tertiary/aromatic N) is 1. The summed E-state index contributed by atoms with van der Waals surface area (Å²) in [5, 5.41) is 3.59. The minimum Gasteiger partial charge on any atom is -0.493 e. The molecule has 1 N–H and O–H groups in total. The van der Waals surface area contributed by atoms with Gasteiger partial charge in [-0.2, -0.15) is 0 Å². The zero-order valence-electron chi connectivity index (χ0n) is 18.1. The molecule has 7 nitrogen and oxygen atoms in total. The topological polar surface area (TPSA) is 69.3 Å². The molecule has 1 fully saturated rings. The summed E-state index contributed by atoms with van der Waals surface area (Å²) in [7, 11) is 3.10. The maximum atomic E-state index is 13.5. The lowest BCUT2D eigenvalue weighted by Crippen LogP contribution is -2.50. The average Bonchev–Trinajstić information content (AvgIpc) is 2.83. The summed E-state index contributed by atoms with van der Waals surface area (Å²) in [6.45, 7) is 3.49. The van der Waals surface area contributed by atoms with E-state index < -0.39 is 6.04 Å². The van der Waals surface area contributed by atoms with Crippen molar-refractivity contribution in [3.63, 3.8) is 0 Å². The number of benzene rings is 2. The monoisotopic (exact) mass is 426 g/mol. The van der Waals surface area contributed by atoms with E-state index >= 15 is 0 Å². The zero-order valence-corrected chi connectivity index (χ0v) is 18.1. The average molecular weight is 427 g/mol. The van der Waals surface area contributed by atoms with Crippen molar-refractivity contribution in [1.29, 1.82) is 0 Å². The maximum Gasteiger partial charge on any atom is 0.329 e. The number of nitrogens with one attached hydrogen (secondary N) is 1. The number of para-hydroxylation sites is 1. The number of hydrogen-bond donors (Lipinski definition) is 1. The molecular formula is C24H30N2O5. The Hall–Kier alpha value is -2.61. The minimum atomic E-state index is -0.415. The van der Waals surface area contributed by atoms with Gasteiger partial charge >= 0.3 is 5.97 Å². The number of esters is 1. The lowest BCUT2D eigenvalue weighted by atomic mass is 9.90. The number of morpholine rings is 1. The van der Waals surface area contributed by atoms with Crippen LogP contribution in [-0.2, 0) is 16.0 Å². The Balaban J connectivity index is 1.60. The minimum absolute atomic E-state index is 0.0879. The van der Waals surface area contributed by atoms with Crippen molar-refractivity contribution in [3.8, 4) is 17.2 Å². The summed E-state index contributed by atoms with van der Waals surface area (Å²) >= 11 is 0. The van der Waals surface area contributed by atoms with E-state index in [-0.39, 0.29) is 12.0 Å². The van der Waals surface area contributed by atoms with Gasteiger partial charge in [0, 0.05) is 19.1 Å². The molecule has 2 unspecified atom stereocenters. The van der Waals surface area contributed by atoms with Gasteiger partial charge in [0.05, 0.1) is 27.4 Å². The summed E-state index contributed by atoms with van der Waals surface area (Å²) in [5.41, 5.74) is 2.60. The summed E-state index contributed by atoms with van der Waals surface area (Å²) in [6.07, 6.45) is 1.62. The molecule has 0 amide bonds. The van der Waals surface area contributed by atoms with Crippen molar-refractivity contribution in [2.24, 2.45) is 0 Å². The van der Waals surface area contributed by atoms with Crippen molar-refractivity contribution in [2.45, 2.75) is 24.9 Å². The van der Waals surface area contributed by atoms with Gasteiger partial charge in [0.1, 0.15) is 6.04 Å². The summed E-state index contributed by atoms with van der Waals surface area (Å²) < 4.78 is 22.2. The van der Waals surface area contributed by atoms with Crippen LogP contribution in [0.1, 0.15) is 23.6 Å². The Morgan fingerprint density at radius 3 is 2.52 bits per heavy atom. The van der Waals surface area contributed by atoms with Crippen LogP contribution in [0.5, 0.6) is 17.2 Å². The van der Waals surface area contributed by atoms with E-state index in [1.165, 1.54) is 11.1 Å². The van der Waals surface area contributed by atoms with Gasteiger partial charge in [-0.1, -0.05) is 30.3 Å². The smallest absolute Gasteiger partial charge is 0.329 e. The van der Waals surface area contributed by atoms with Crippen LogP contribution in [0.4, 0.5) is 0 Å². The van der Waals surface area contributed by atoms with Gasteiger partial charge in [-0.3, -0.25) is 4.90 Å². The second-order valence-corrected chi connectivity index (χ2v) is 7.77. The Kier molecular flexibility index (Phi) is 7.06. The van der Waals surface area contributed by atoms with Crippen LogP contribution in [0, 0.1) is 0 Å². The number of ether oxygens (including phenoxy) is 4. The second-order valence-electron chi connectivity index (χ2n) is 7.77. The number of fused-ring (bicyclic) bond motifs is 1. The lowest BCUT2D eigenvalue weighted by molar-refractivity contribution is -0.143. The summed E-state index contributed by atoms with van der Waals surface area (Å²) in [5.74, 6) is 0.937. The molecule has 2 aromatic carbocycles. The molecule has 0 spiro atoms. The Bertz CT molecular complexity index is 875. The van der Waals surface area contributed by atoms with E-state index in [4.69, 9.17) is 18.9 Å². The fraction of sp³-hybridized carbons (Fsp3) is 0.458.